The van der Waals surface area contributed by atoms with Crippen molar-refractivity contribution < 1.29 is 19.1 Å². The van der Waals surface area contributed by atoms with Crippen LogP contribution in [0.25, 0.3) is 0 Å². The van der Waals surface area contributed by atoms with E-state index in [1.807, 2.05) is 0 Å². The standard InChI is InChI=1S/C21H21N3O4S/c1-28-20(27)15-8-6-7-14(13-15)18(25)23-21(29)22-17-10-3-2-9-16(17)19(26)24-11-4-5-12-24/h2-3,6-10,13H,4-5,11-12H2,1H3,(H2,22,23,25,29). The second-order valence-corrected chi connectivity index (χ2v) is 6.93. The Balaban J connectivity index is 1.69. The number of methoxy groups -OCH3 is 1. The van der Waals surface area contributed by atoms with Gasteiger partial charge in [-0.15, -0.1) is 0 Å². The monoisotopic (exact) mass is 411 g/mol. The third-order valence-electron chi connectivity index (χ3n) is 4.57. The summed E-state index contributed by atoms with van der Waals surface area (Å²) in [4.78, 5) is 38.6. The lowest BCUT2D eigenvalue weighted by Gasteiger charge is -2.18. The zero-order chi connectivity index (χ0) is 20.8. The van der Waals surface area contributed by atoms with Crippen molar-refractivity contribution in [3.63, 3.8) is 0 Å². The smallest absolute Gasteiger partial charge is 0.337 e. The lowest BCUT2D eigenvalue weighted by atomic mass is 10.1. The minimum Gasteiger partial charge on any atom is -0.465 e. The summed E-state index contributed by atoms with van der Waals surface area (Å²) in [6, 6.07) is 13.2. The first-order valence-electron chi connectivity index (χ1n) is 9.18. The molecule has 1 aliphatic rings. The molecule has 1 fully saturated rings. The van der Waals surface area contributed by atoms with Crippen molar-refractivity contribution in [2.24, 2.45) is 0 Å². The van der Waals surface area contributed by atoms with Crippen LogP contribution in [0, 0.1) is 0 Å². The van der Waals surface area contributed by atoms with Gasteiger partial charge in [0, 0.05) is 18.7 Å². The lowest BCUT2D eigenvalue weighted by molar-refractivity contribution is 0.0600. The van der Waals surface area contributed by atoms with E-state index < -0.39 is 11.9 Å². The predicted molar refractivity (Wildman–Crippen MR) is 113 cm³/mol. The summed E-state index contributed by atoms with van der Waals surface area (Å²) < 4.78 is 4.66. The summed E-state index contributed by atoms with van der Waals surface area (Å²) in [5, 5.41) is 5.55. The Labute approximate surface area is 174 Å². The predicted octanol–water partition coefficient (Wildman–Crippen LogP) is 2.84. The molecule has 2 N–H and O–H groups in total. The van der Waals surface area contributed by atoms with Crippen molar-refractivity contribution in [2.45, 2.75) is 12.8 Å². The molecular formula is C21H21N3O4S. The molecule has 0 unspecified atom stereocenters. The molecular weight excluding hydrogens is 390 g/mol. The number of thiocarbonyl (C=S) groups is 1. The van der Waals surface area contributed by atoms with Gasteiger partial charge in [-0.25, -0.2) is 4.79 Å². The second kappa shape index (κ2) is 9.29. The SMILES string of the molecule is COC(=O)c1cccc(C(=O)NC(=S)Nc2ccccc2C(=O)N2CCCC2)c1. The average Bonchev–Trinajstić information content (AvgIpc) is 3.28. The number of carbonyl (C=O) groups excluding carboxylic acids is 3. The van der Waals surface area contributed by atoms with Gasteiger partial charge in [0.25, 0.3) is 11.8 Å². The number of esters is 1. The van der Waals surface area contributed by atoms with Gasteiger partial charge in [0.05, 0.1) is 23.9 Å². The molecule has 2 aromatic carbocycles. The van der Waals surface area contributed by atoms with E-state index in [-0.39, 0.29) is 22.1 Å². The third-order valence-corrected chi connectivity index (χ3v) is 4.78. The average molecular weight is 411 g/mol. The molecule has 0 aliphatic carbocycles. The molecule has 0 saturated carbocycles. The van der Waals surface area contributed by atoms with Crippen LogP contribution in [-0.2, 0) is 4.74 Å². The molecule has 29 heavy (non-hydrogen) atoms. The Morgan fingerprint density at radius 3 is 2.41 bits per heavy atom. The summed E-state index contributed by atoms with van der Waals surface area (Å²) in [7, 11) is 1.27. The summed E-state index contributed by atoms with van der Waals surface area (Å²) in [5.41, 5.74) is 1.55. The first-order valence-corrected chi connectivity index (χ1v) is 9.59. The maximum atomic E-state index is 12.7. The molecule has 3 rings (SSSR count). The van der Waals surface area contributed by atoms with E-state index in [2.05, 4.69) is 15.4 Å². The third kappa shape index (κ3) is 4.97. The van der Waals surface area contributed by atoms with Gasteiger partial charge in [-0.05, 0) is 55.4 Å². The molecule has 150 valence electrons. The highest BCUT2D eigenvalue weighted by Gasteiger charge is 2.22. The number of hydrogen-bond donors (Lipinski definition) is 2. The van der Waals surface area contributed by atoms with Gasteiger partial charge in [0.1, 0.15) is 0 Å². The van der Waals surface area contributed by atoms with E-state index in [9.17, 15) is 14.4 Å². The van der Waals surface area contributed by atoms with E-state index in [0.29, 0.717) is 11.3 Å². The number of rotatable bonds is 4. The van der Waals surface area contributed by atoms with Crippen molar-refractivity contribution in [2.75, 3.05) is 25.5 Å². The molecule has 8 heteroatoms. The van der Waals surface area contributed by atoms with E-state index in [1.165, 1.54) is 13.2 Å². The number of ether oxygens (including phenoxy) is 1. The molecule has 2 aromatic rings. The van der Waals surface area contributed by atoms with Crippen molar-refractivity contribution in [3.8, 4) is 0 Å². The van der Waals surface area contributed by atoms with Gasteiger partial charge in [0.15, 0.2) is 5.11 Å². The Morgan fingerprint density at radius 1 is 1.00 bits per heavy atom. The van der Waals surface area contributed by atoms with Crippen LogP contribution in [0.5, 0.6) is 0 Å². The fourth-order valence-electron chi connectivity index (χ4n) is 3.10. The van der Waals surface area contributed by atoms with Crippen LogP contribution >= 0.6 is 12.2 Å². The number of nitrogens with one attached hydrogen (secondary N) is 2. The minimum absolute atomic E-state index is 0.0557. The number of anilines is 1. The zero-order valence-electron chi connectivity index (χ0n) is 15.9. The van der Waals surface area contributed by atoms with E-state index in [4.69, 9.17) is 12.2 Å². The van der Waals surface area contributed by atoms with Crippen molar-refractivity contribution in [3.05, 3.63) is 65.2 Å². The highest BCUT2D eigenvalue weighted by atomic mass is 32.1. The topological polar surface area (TPSA) is 87.7 Å². The van der Waals surface area contributed by atoms with Gasteiger partial charge in [-0.3, -0.25) is 14.9 Å². The number of likely N-dealkylation sites (tertiary alicyclic amines) is 1. The molecule has 0 bridgehead atoms. The molecule has 7 nitrogen and oxygen atoms in total. The normalized spacial score (nSPS) is 12.9. The molecule has 0 atom stereocenters. The van der Waals surface area contributed by atoms with Crippen molar-refractivity contribution in [1.82, 2.24) is 10.2 Å². The van der Waals surface area contributed by atoms with Crippen LogP contribution in [0.3, 0.4) is 0 Å². The second-order valence-electron chi connectivity index (χ2n) is 6.53. The van der Waals surface area contributed by atoms with Crippen LogP contribution in [0.2, 0.25) is 0 Å². The van der Waals surface area contributed by atoms with Gasteiger partial charge >= 0.3 is 5.97 Å². The maximum Gasteiger partial charge on any atom is 0.337 e. The number of benzene rings is 2. The highest BCUT2D eigenvalue weighted by molar-refractivity contribution is 7.80. The van der Waals surface area contributed by atoms with Gasteiger partial charge in [-0.1, -0.05) is 18.2 Å². The number of nitrogens with zero attached hydrogens (tertiary/aromatic N) is 1. The van der Waals surface area contributed by atoms with E-state index in [1.54, 1.807) is 47.4 Å². The van der Waals surface area contributed by atoms with Crippen LogP contribution in [-0.4, -0.2) is 48.0 Å². The number of para-hydroxylation sites is 1. The molecule has 1 heterocycles. The summed E-state index contributed by atoms with van der Waals surface area (Å²) in [6.07, 6.45) is 2.00. The Bertz CT molecular complexity index is 954. The summed E-state index contributed by atoms with van der Waals surface area (Å²) in [5.74, 6) is -1.07. The molecule has 0 aromatic heterocycles. The molecule has 0 radical (unpaired) electrons. The Morgan fingerprint density at radius 2 is 1.69 bits per heavy atom. The first kappa shape index (κ1) is 20.5. The Kier molecular flexibility index (Phi) is 6.56. The minimum atomic E-state index is -0.533. The van der Waals surface area contributed by atoms with Crippen molar-refractivity contribution in [1.29, 1.82) is 0 Å². The van der Waals surface area contributed by atoms with Crippen LogP contribution in [0.1, 0.15) is 43.9 Å². The van der Waals surface area contributed by atoms with Crippen LogP contribution in [0.15, 0.2) is 48.5 Å². The molecule has 2 amide bonds. The fraction of sp³-hybridized carbons (Fsp3) is 0.238. The van der Waals surface area contributed by atoms with E-state index in [0.717, 1.165) is 25.9 Å². The van der Waals surface area contributed by atoms with E-state index >= 15 is 0 Å². The zero-order valence-corrected chi connectivity index (χ0v) is 16.8. The lowest BCUT2D eigenvalue weighted by Crippen LogP contribution is -2.35. The van der Waals surface area contributed by atoms with Crippen LogP contribution in [0.4, 0.5) is 5.69 Å². The number of carbonyl (C=O) groups is 3. The fourth-order valence-corrected chi connectivity index (χ4v) is 3.31. The van der Waals surface area contributed by atoms with Crippen LogP contribution < -0.4 is 10.6 Å². The van der Waals surface area contributed by atoms with Gasteiger partial charge in [0.2, 0.25) is 0 Å². The van der Waals surface area contributed by atoms with Gasteiger partial charge < -0.3 is 15.0 Å². The molecule has 1 aliphatic heterocycles. The summed E-state index contributed by atoms with van der Waals surface area (Å²) in [6.45, 7) is 1.48. The summed E-state index contributed by atoms with van der Waals surface area (Å²) >= 11 is 5.24. The first-order chi connectivity index (χ1) is 14.0. The Hall–Kier alpha value is -3.26. The quantitative estimate of drug-likeness (QED) is 0.594. The van der Waals surface area contributed by atoms with Crippen molar-refractivity contribution >= 4 is 40.8 Å². The highest BCUT2D eigenvalue weighted by Crippen LogP contribution is 2.20. The maximum absolute atomic E-state index is 12.7. The number of hydrogen-bond acceptors (Lipinski definition) is 5. The van der Waals surface area contributed by atoms with Gasteiger partial charge in [-0.2, -0.15) is 0 Å². The molecule has 1 saturated heterocycles. The molecule has 0 spiro atoms. The number of amides is 2. The largest absolute Gasteiger partial charge is 0.465 e.